The van der Waals surface area contributed by atoms with E-state index in [0.717, 1.165) is 0 Å². The zero-order valence-corrected chi connectivity index (χ0v) is 40.8. The van der Waals surface area contributed by atoms with Crippen LogP contribution in [0.1, 0.15) is 0 Å². The fraction of sp³-hybridized carbons (Fsp3) is 1.00. The normalized spacial score (nSPS) is 53.5. The molecular weight excluding hydrogens is 1080 g/mol. The highest BCUT2D eigenvalue weighted by molar-refractivity contribution is 5.01. The first-order valence-corrected chi connectivity index (χ1v) is 24.7. The van der Waals surface area contributed by atoms with Crippen molar-refractivity contribution in [2.24, 2.45) is 0 Å². The van der Waals surface area contributed by atoms with Gasteiger partial charge in [-0.05, 0) is 0 Å². The topological polar surface area (TPSA) is 585 Å². The van der Waals surface area contributed by atoms with Gasteiger partial charge in [0.2, 0.25) is 0 Å². The standard InChI is InChI=1S/C42H72O36/c43-1-8-15(50)16(51)24(59)37(67-8)74-31-10(3-45)69-39(26(61)18(31)53)76-33-12(5-47)71-41(28(63)20(33)55)78-35-14(7-49)72-42(29(64)22(35)57)77-34-13(6-48)70-40(27(62)21(34)56)75-32-11(4-46)68-38(25(60)19(32)54)73-30-9(2-44)66-36(65)23(58)17(30)52/h8-65H,1-7H2/t8-,9-,10-,11-,12-,13-,14-,15-,16+,17-,18-,19-,20-,21-,22-,23-,24-,25-,26-,27-,28-,29-,30?,31-,32-,33-,34-,35-,36+,37-,38-,39-,40-,41-,42-/m1/s1. The lowest BCUT2D eigenvalue weighted by Gasteiger charge is -2.50. The third-order valence-corrected chi connectivity index (χ3v) is 14.5. The van der Waals surface area contributed by atoms with Crippen molar-refractivity contribution in [2.75, 3.05) is 46.2 Å². The van der Waals surface area contributed by atoms with Crippen molar-refractivity contribution in [2.45, 2.75) is 215 Å². The third kappa shape index (κ3) is 12.9. The van der Waals surface area contributed by atoms with Gasteiger partial charge in [0.15, 0.2) is 44.0 Å². The van der Waals surface area contributed by atoms with Crippen LogP contribution in [0.3, 0.4) is 0 Å². The second-order valence-electron chi connectivity index (χ2n) is 19.6. The minimum atomic E-state index is -2.23. The maximum absolute atomic E-state index is 11.3. The third-order valence-electron chi connectivity index (χ3n) is 14.5. The molecule has 36 nitrogen and oxygen atoms in total. The van der Waals surface area contributed by atoms with Gasteiger partial charge in [0, 0.05) is 0 Å². The summed E-state index contributed by atoms with van der Waals surface area (Å²) in [6, 6.07) is 0. The summed E-state index contributed by atoms with van der Waals surface area (Å²) < 4.78 is 71.9. The molecular formula is C42H72O36. The lowest BCUT2D eigenvalue weighted by Crippen LogP contribution is -2.68. The molecule has 7 aliphatic rings. The van der Waals surface area contributed by atoms with Gasteiger partial charge in [-0.15, -0.1) is 0 Å². The largest absolute Gasteiger partial charge is 0.394 e. The Morgan fingerprint density at radius 3 is 0.590 bits per heavy atom. The van der Waals surface area contributed by atoms with E-state index in [1.165, 1.54) is 0 Å². The Bertz CT molecular complexity index is 1810. The van der Waals surface area contributed by atoms with Crippen LogP contribution in [0, 0.1) is 0 Å². The molecule has 7 saturated heterocycles. The van der Waals surface area contributed by atoms with Crippen LogP contribution in [0.4, 0.5) is 0 Å². The van der Waals surface area contributed by atoms with Crippen LogP contribution < -0.4 is 0 Å². The molecule has 35 atom stereocenters. The highest BCUT2D eigenvalue weighted by atomic mass is 16.8. The molecule has 1 unspecified atom stereocenters. The summed E-state index contributed by atoms with van der Waals surface area (Å²) in [5, 5.41) is 243. The second kappa shape index (κ2) is 27.5. The zero-order chi connectivity index (χ0) is 57.3. The van der Waals surface area contributed by atoms with Crippen LogP contribution in [0.15, 0.2) is 0 Å². The maximum atomic E-state index is 11.3. The predicted molar refractivity (Wildman–Crippen MR) is 232 cm³/mol. The Balaban J connectivity index is 0.947. The van der Waals surface area contributed by atoms with Gasteiger partial charge in [0.1, 0.15) is 171 Å². The number of rotatable bonds is 19. The highest BCUT2D eigenvalue weighted by Crippen LogP contribution is 2.37. The van der Waals surface area contributed by atoms with Crippen molar-refractivity contribution in [3.05, 3.63) is 0 Å². The van der Waals surface area contributed by atoms with E-state index >= 15 is 0 Å². The molecule has 0 amide bonds. The van der Waals surface area contributed by atoms with E-state index in [0.29, 0.717) is 0 Å². The van der Waals surface area contributed by atoms with Gasteiger partial charge in [0.05, 0.1) is 46.2 Å². The van der Waals surface area contributed by atoms with Gasteiger partial charge in [-0.3, -0.25) is 0 Å². The van der Waals surface area contributed by atoms with Gasteiger partial charge < -0.3 is 179 Å². The van der Waals surface area contributed by atoms with Crippen molar-refractivity contribution in [1.29, 1.82) is 0 Å². The van der Waals surface area contributed by atoms with Crippen molar-refractivity contribution < 1.29 is 179 Å². The number of hydrogen-bond acceptors (Lipinski definition) is 36. The molecule has 0 aromatic heterocycles. The summed E-state index contributed by atoms with van der Waals surface area (Å²) in [6.45, 7) is -6.86. The Hall–Kier alpha value is -1.44. The van der Waals surface area contributed by atoms with Crippen LogP contribution >= 0.6 is 0 Å². The Kier molecular flexibility index (Phi) is 22.6. The van der Waals surface area contributed by atoms with Gasteiger partial charge >= 0.3 is 0 Å². The molecule has 7 rings (SSSR count). The van der Waals surface area contributed by atoms with Crippen molar-refractivity contribution in [1.82, 2.24) is 0 Å². The molecule has 0 spiro atoms. The van der Waals surface area contributed by atoms with Crippen LogP contribution in [0.2, 0.25) is 0 Å². The van der Waals surface area contributed by atoms with Gasteiger partial charge in [-0.1, -0.05) is 0 Å². The van der Waals surface area contributed by atoms with E-state index in [2.05, 4.69) is 0 Å². The van der Waals surface area contributed by atoms with Crippen LogP contribution in [-0.4, -0.2) is 379 Å². The van der Waals surface area contributed by atoms with E-state index in [1.54, 1.807) is 0 Å². The van der Waals surface area contributed by atoms with Gasteiger partial charge in [-0.25, -0.2) is 0 Å². The van der Waals surface area contributed by atoms with Crippen molar-refractivity contribution in [3.63, 3.8) is 0 Å². The molecule has 23 N–H and O–H groups in total. The van der Waals surface area contributed by atoms with E-state index in [9.17, 15) is 117 Å². The van der Waals surface area contributed by atoms with E-state index < -0.39 is 261 Å². The van der Waals surface area contributed by atoms with Gasteiger partial charge in [0.25, 0.3) is 0 Å². The average Bonchev–Trinajstić information content (AvgIpc) is 3.44. The first kappa shape index (κ1) is 64.1. The predicted octanol–water partition coefficient (Wildman–Crippen LogP) is -16.3. The fourth-order valence-corrected chi connectivity index (χ4v) is 10.0. The average molecular weight is 1150 g/mol. The molecule has 0 saturated carbocycles. The molecule has 0 radical (unpaired) electrons. The highest BCUT2D eigenvalue weighted by Gasteiger charge is 2.58. The summed E-state index contributed by atoms with van der Waals surface area (Å²) in [6.07, 6.45) is -67.4. The van der Waals surface area contributed by atoms with Gasteiger partial charge in [-0.2, -0.15) is 0 Å². The SMILES string of the molecule is OC[C@H]1O[C@H](O)[C@H](O)[C@@H](O)C1O[C@H]1O[C@H](CO)[C@@H](O[C@H]2O[C@H](CO)[C@@H](O[C@H]3O[C@H](CO)[C@@H](O[C@H]4O[C@H](CO)[C@@H](O[C@H]5O[C@H](CO)[C@@H](O[C@H]6O[C@H](CO)[C@@H](O)[C@H](O)[C@H]6O)[C@H](O)[C@H]5O)[C@H](O)[C@H]4O)[C@H](O)[C@H]3O)[C@H](O)[C@H]2O)[C@H](O)[C@H]1O. The molecule has 78 heavy (non-hydrogen) atoms. The smallest absolute Gasteiger partial charge is 0.187 e. The quantitative estimate of drug-likeness (QED) is 0.0571. The molecule has 0 aliphatic carbocycles. The maximum Gasteiger partial charge on any atom is 0.187 e. The Morgan fingerprint density at radius 1 is 0.192 bits per heavy atom. The van der Waals surface area contributed by atoms with E-state index in [1.807, 2.05) is 0 Å². The molecule has 36 heteroatoms. The molecule has 456 valence electrons. The van der Waals surface area contributed by atoms with E-state index in [4.69, 9.17) is 61.6 Å². The number of ether oxygens (including phenoxy) is 13. The number of aliphatic hydroxyl groups excluding tert-OH is 23. The first-order valence-electron chi connectivity index (χ1n) is 24.7. The van der Waals surface area contributed by atoms with Crippen molar-refractivity contribution >= 4 is 0 Å². The van der Waals surface area contributed by atoms with E-state index in [-0.39, 0.29) is 0 Å². The Labute approximate surface area is 439 Å². The lowest BCUT2D eigenvalue weighted by molar-refractivity contribution is -0.398. The summed E-state index contributed by atoms with van der Waals surface area (Å²) >= 11 is 0. The minimum absolute atomic E-state index is 0.843. The van der Waals surface area contributed by atoms with Crippen LogP contribution in [-0.2, 0) is 61.6 Å². The number of aliphatic hydroxyl groups is 23. The van der Waals surface area contributed by atoms with Crippen LogP contribution in [0.5, 0.6) is 0 Å². The first-order chi connectivity index (χ1) is 37.0. The second-order valence-corrected chi connectivity index (χ2v) is 19.6. The zero-order valence-electron chi connectivity index (χ0n) is 40.8. The monoisotopic (exact) mass is 1150 g/mol. The number of hydrogen-bond donors (Lipinski definition) is 23. The summed E-state index contributed by atoms with van der Waals surface area (Å²) in [5.74, 6) is 0. The minimum Gasteiger partial charge on any atom is -0.394 e. The molecule has 7 aliphatic heterocycles. The fourth-order valence-electron chi connectivity index (χ4n) is 10.0. The Morgan fingerprint density at radius 2 is 0.372 bits per heavy atom. The van der Waals surface area contributed by atoms with Crippen molar-refractivity contribution in [3.8, 4) is 0 Å². The molecule has 7 fully saturated rings. The molecule has 0 aromatic rings. The summed E-state index contributed by atoms with van der Waals surface area (Å²) in [5.41, 5.74) is 0. The summed E-state index contributed by atoms with van der Waals surface area (Å²) in [4.78, 5) is 0. The summed E-state index contributed by atoms with van der Waals surface area (Å²) in [7, 11) is 0. The van der Waals surface area contributed by atoms with Crippen LogP contribution in [0.25, 0.3) is 0 Å². The lowest BCUT2D eigenvalue weighted by atomic mass is 9.95. The molecule has 0 bridgehead atoms. The molecule has 7 heterocycles. The molecule has 0 aromatic carbocycles.